The van der Waals surface area contributed by atoms with Crippen LogP contribution in [-0.4, -0.2) is 14.2 Å². The summed E-state index contributed by atoms with van der Waals surface area (Å²) in [6.45, 7) is 7.08. The molecule has 0 bridgehead atoms. The van der Waals surface area contributed by atoms with Crippen molar-refractivity contribution in [1.82, 2.24) is 0 Å². The Hall–Kier alpha value is -2.14. The summed E-state index contributed by atoms with van der Waals surface area (Å²) >= 11 is 0. The molecular weight excluding hydrogens is 298 g/mol. The molecule has 0 fully saturated rings. The molecule has 1 N–H and O–H groups in total. The number of Topliss-reactive ketones (excluding diaryl/α,β-unsaturated/α-hetero) is 1. The van der Waals surface area contributed by atoms with Gasteiger partial charge in [-0.1, -0.05) is 6.07 Å². The molecule has 0 radical (unpaired) electrons. The highest BCUT2D eigenvalue weighted by atomic mass is 32.2. The average Bonchev–Trinajstić information content (AvgIpc) is 2.42. The smallest absolute Gasteiger partial charge is 0.262 e. The van der Waals surface area contributed by atoms with Crippen molar-refractivity contribution in [2.24, 2.45) is 0 Å². The van der Waals surface area contributed by atoms with Gasteiger partial charge >= 0.3 is 0 Å². The van der Waals surface area contributed by atoms with Gasteiger partial charge in [0.1, 0.15) is 0 Å². The van der Waals surface area contributed by atoms with Crippen LogP contribution in [0.15, 0.2) is 41.3 Å². The van der Waals surface area contributed by atoms with E-state index in [1.165, 1.54) is 6.92 Å². The van der Waals surface area contributed by atoms with Crippen molar-refractivity contribution in [2.75, 3.05) is 4.72 Å². The number of sulfonamides is 1. The van der Waals surface area contributed by atoms with Crippen molar-refractivity contribution < 1.29 is 13.2 Å². The van der Waals surface area contributed by atoms with Crippen LogP contribution < -0.4 is 4.72 Å². The molecule has 0 aromatic heterocycles. The number of carbonyl (C=O) groups excluding carboxylic acids is 1. The first kappa shape index (κ1) is 16.2. The number of aryl methyl sites for hydroxylation is 3. The Balaban J connectivity index is 2.35. The zero-order valence-electron chi connectivity index (χ0n) is 13.1. The lowest BCUT2D eigenvalue weighted by molar-refractivity contribution is 0.101. The molecule has 116 valence electrons. The Morgan fingerprint density at radius 3 is 2.00 bits per heavy atom. The van der Waals surface area contributed by atoms with Crippen LogP contribution in [0.1, 0.15) is 34.0 Å². The SMILES string of the molecule is CC(=O)c1ccc(NS(=O)(=O)c2cc(C)c(C)cc2C)cc1. The van der Waals surface area contributed by atoms with Crippen LogP contribution in [0.25, 0.3) is 0 Å². The summed E-state index contributed by atoms with van der Waals surface area (Å²) in [5, 5.41) is 0. The van der Waals surface area contributed by atoms with Gasteiger partial charge in [-0.2, -0.15) is 0 Å². The van der Waals surface area contributed by atoms with Gasteiger partial charge in [-0.15, -0.1) is 0 Å². The van der Waals surface area contributed by atoms with Crippen LogP contribution in [0.2, 0.25) is 0 Å². The maximum atomic E-state index is 12.5. The van der Waals surface area contributed by atoms with Crippen molar-refractivity contribution in [3.05, 3.63) is 58.7 Å². The molecule has 5 heteroatoms. The zero-order chi connectivity index (χ0) is 16.5. The van der Waals surface area contributed by atoms with E-state index in [0.29, 0.717) is 16.8 Å². The van der Waals surface area contributed by atoms with Crippen molar-refractivity contribution in [3.63, 3.8) is 0 Å². The summed E-state index contributed by atoms with van der Waals surface area (Å²) < 4.78 is 27.6. The van der Waals surface area contributed by atoms with Gasteiger partial charge in [-0.25, -0.2) is 8.42 Å². The normalized spacial score (nSPS) is 11.3. The van der Waals surface area contributed by atoms with Crippen LogP contribution in [0, 0.1) is 20.8 Å². The van der Waals surface area contributed by atoms with Crippen molar-refractivity contribution >= 4 is 21.5 Å². The Bertz CT molecular complexity index is 822. The minimum Gasteiger partial charge on any atom is -0.295 e. The predicted molar refractivity (Wildman–Crippen MR) is 87.9 cm³/mol. The van der Waals surface area contributed by atoms with E-state index in [9.17, 15) is 13.2 Å². The summed E-state index contributed by atoms with van der Waals surface area (Å²) in [5.74, 6) is -0.0561. The molecule has 2 rings (SSSR count). The average molecular weight is 317 g/mol. The third kappa shape index (κ3) is 3.36. The molecule has 2 aromatic rings. The fraction of sp³-hybridized carbons (Fsp3) is 0.235. The van der Waals surface area contributed by atoms with Crippen molar-refractivity contribution in [3.8, 4) is 0 Å². The third-order valence-electron chi connectivity index (χ3n) is 3.62. The number of carbonyl (C=O) groups is 1. The maximum Gasteiger partial charge on any atom is 0.262 e. The summed E-state index contributed by atoms with van der Waals surface area (Å²) in [5.41, 5.74) is 3.67. The monoisotopic (exact) mass is 317 g/mol. The lowest BCUT2D eigenvalue weighted by Gasteiger charge is -2.13. The van der Waals surface area contributed by atoms with E-state index >= 15 is 0 Å². The highest BCUT2D eigenvalue weighted by molar-refractivity contribution is 7.92. The second-order valence-corrected chi connectivity index (χ2v) is 7.09. The summed E-state index contributed by atoms with van der Waals surface area (Å²) in [6, 6.07) is 9.93. The molecule has 0 saturated heterocycles. The highest BCUT2D eigenvalue weighted by Gasteiger charge is 2.18. The molecule has 0 spiro atoms. The van der Waals surface area contributed by atoms with Crippen molar-refractivity contribution in [1.29, 1.82) is 0 Å². The van der Waals surface area contributed by atoms with E-state index < -0.39 is 10.0 Å². The lowest BCUT2D eigenvalue weighted by Crippen LogP contribution is -2.14. The van der Waals surface area contributed by atoms with Crippen LogP contribution in [0.3, 0.4) is 0 Å². The van der Waals surface area contributed by atoms with Gasteiger partial charge in [0.2, 0.25) is 0 Å². The number of rotatable bonds is 4. The predicted octanol–water partition coefficient (Wildman–Crippen LogP) is 3.62. The van der Waals surface area contributed by atoms with Crippen molar-refractivity contribution in [2.45, 2.75) is 32.6 Å². The number of anilines is 1. The van der Waals surface area contributed by atoms with E-state index in [1.807, 2.05) is 19.9 Å². The zero-order valence-corrected chi connectivity index (χ0v) is 13.9. The molecule has 0 amide bonds. The largest absolute Gasteiger partial charge is 0.295 e. The molecule has 4 nitrogen and oxygen atoms in total. The van der Waals surface area contributed by atoms with Gasteiger partial charge in [0, 0.05) is 11.3 Å². The van der Waals surface area contributed by atoms with Gasteiger partial charge in [0.15, 0.2) is 5.78 Å². The van der Waals surface area contributed by atoms with E-state index in [4.69, 9.17) is 0 Å². The molecule has 0 unspecified atom stereocenters. The molecule has 2 aromatic carbocycles. The first-order chi connectivity index (χ1) is 10.2. The van der Waals surface area contributed by atoms with Gasteiger partial charge in [0.05, 0.1) is 4.90 Å². The van der Waals surface area contributed by atoms with Gasteiger partial charge in [-0.05, 0) is 74.7 Å². The molecule has 0 atom stereocenters. The molecular formula is C17H19NO3S. The molecule has 0 aliphatic carbocycles. The lowest BCUT2D eigenvalue weighted by atomic mass is 10.1. The summed E-state index contributed by atoms with van der Waals surface area (Å²) in [6.07, 6.45) is 0. The van der Waals surface area contributed by atoms with Gasteiger partial charge in [0.25, 0.3) is 10.0 Å². The molecule has 0 saturated carbocycles. The molecule has 0 heterocycles. The van der Waals surface area contributed by atoms with Gasteiger partial charge < -0.3 is 0 Å². The number of ketones is 1. The second kappa shape index (κ2) is 5.93. The topological polar surface area (TPSA) is 63.2 Å². The number of hydrogen-bond acceptors (Lipinski definition) is 3. The Morgan fingerprint density at radius 2 is 1.45 bits per heavy atom. The molecule has 22 heavy (non-hydrogen) atoms. The van der Waals surface area contributed by atoms with E-state index in [0.717, 1.165) is 11.1 Å². The van der Waals surface area contributed by atoms with Crippen LogP contribution in [0.4, 0.5) is 5.69 Å². The number of nitrogens with one attached hydrogen (secondary N) is 1. The standard InChI is InChI=1S/C17H19NO3S/c1-11-9-13(3)17(10-12(11)2)22(20,21)18-16-7-5-15(6-8-16)14(4)19/h5-10,18H,1-4H3. The van der Waals surface area contributed by atoms with E-state index in [-0.39, 0.29) is 10.7 Å². The summed E-state index contributed by atoms with van der Waals surface area (Å²) in [4.78, 5) is 11.5. The fourth-order valence-electron chi connectivity index (χ4n) is 2.21. The maximum absolute atomic E-state index is 12.5. The van der Waals surface area contributed by atoms with E-state index in [1.54, 1.807) is 37.3 Å². The highest BCUT2D eigenvalue weighted by Crippen LogP contribution is 2.23. The summed E-state index contributed by atoms with van der Waals surface area (Å²) in [7, 11) is -3.65. The minimum absolute atomic E-state index is 0.0561. The Morgan fingerprint density at radius 1 is 0.909 bits per heavy atom. The van der Waals surface area contributed by atoms with Crippen LogP contribution in [0.5, 0.6) is 0 Å². The number of hydrogen-bond donors (Lipinski definition) is 1. The second-order valence-electron chi connectivity index (χ2n) is 5.44. The van der Waals surface area contributed by atoms with Crippen LogP contribution >= 0.6 is 0 Å². The first-order valence-corrected chi connectivity index (χ1v) is 8.40. The first-order valence-electron chi connectivity index (χ1n) is 6.92. The van der Waals surface area contributed by atoms with Gasteiger partial charge in [-0.3, -0.25) is 9.52 Å². The Kier molecular flexibility index (Phi) is 4.37. The Labute approximate surface area is 131 Å². The minimum atomic E-state index is -3.65. The van der Waals surface area contributed by atoms with E-state index in [2.05, 4.69) is 4.72 Å². The molecule has 0 aliphatic heterocycles. The third-order valence-corrected chi connectivity index (χ3v) is 5.15. The number of benzene rings is 2. The van der Waals surface area contributed by atoms with Crippen LogP contribution in [-0.2, 0) is 10.0 Å². The fourth-order valence-corrected chi connectivity index (χ4v) is 3.58. The molecule has 0 aliphatic rings. The quantitative estimate of drug-likeness (QED) is 0.876.